The van der Waals surface area contributed by atoms with E-state index in [2.05, 4.69) is 29.2 Å². The topological polar surface area (TPSA) is 77.8 Å². The Morgan fingerprint density at radius 1 is 1.12 bits per heavy atom. The van der Waals surface area contributed by atoms with Gasteiger partial charge in [0.05, 0.1) is 21.9 Å². The van der Waals surface area contributed by atoms with Gasteiger partial charge in [-0.1, -0.05) is 25.4 Å². The number of carbonyl (C=O) groups is 1. The van der Waals surface area contributed by atoms with Crippen LogP contribution in [-0.4, -0.2) is 38.4 Å². The standard InChI is InChI=1S/C26H35ClN4O3/c1-16(2)14-26(8,29-24(32)34-25(5,6)7)15-33-22-10-9-19(13-20(22)27)21-11-17(3)28-23-12-18(4)30-31(21)23/h9-13,16H,14-15H2,1-8H3,(H,29,32)/t26-/m0/s1. The van der Waals surface area contributed by atoms with E-state index >= 15 is 0 Å². The fourth-order valence-electron chi connectivity index (χ4n) is 4.03. The first-order valence-corrected chi connectivity index (χ1v) is 11.9. The minimum Gasteiger partial charge on any atom is -0.490 e. The Labute approximate surface area is 206 Å². The van der Waals surface area contributed by atoms with Crippen LogP contribution in [0.15, 0.2) is 30.3 Å². The molecule has 2 aromatic heterocycles. The SMILES string of the molecule is Cc1cc(-c2ccc(OC[C@](C)(CC(C)C)NC(=O)OC(C)(C)C)c(Cl)c2)n2nc(C)cc2n1. The predicted octanol–water partition coefficient (Wildman–Crippen LogP) is 6.37. The van der Waals surface area contributed by atoms with E-state index in [-0.39, 0.29) is 6.61 Å². The van der Waals surface area contributed by atoms with Crippen LogP contribution in [0, 0.1) is 19.8 Å². The maximum absolute atomic E-state index is 12.4. The van der Waals surface area contributed by atoms with Crippen molar-refractivity contribution in [2.75, 3.05) is 6.61 Å². The first-order valence-electron chi connectivity index (χ1n) is 11.5. The highest BCUT2D eigenvalue weighted by molar-refractivity contribution is 6.32. The van der Waals surface area contributed by atoms with E-state index in [1.807, 2.05) is 76.4 Å². The molecule has 0 spiro atoms. The third kappa shape index (κ3) is 6.63. The molecule has 0 aliphatic rings. The zero-order valence-corrected chi connectivity index (χ0v) is 22.1. The number of amides is 1. The van der Waals surface area contributed by atoms with Crippen molar-refractivity contribution in [3.63, 3.8) is 0 Å². The number of hydrogen-bond acceptors (Lipinski definition) is 5. The van der Waals surface area contributed by atoms with E-state index in [0.717, 1.165) is 34.7 Å². The maximum atomic E-state index is 12.4. The maximum Gasteiger partial charge on any atom is 0.408 e. The van der Waals surface area contributed by atoms with Gasteiger partial charge < -0.3 is 14.8 Å². The van der Waals surface area contributed by atoms with Crippen molar-refractivity contribution in [3.8, 4) is 17.0 Å². The van der Waals surface area contributed by atoms with Crippen molar-refractivity contribution < 1.29 is 14.3 Å². The van der Waals surface area contributed by atoms with E-state index in [0.29, 0.717) is 16.7 Å². The van der Waals surface area contributed by atoms with Gasteiger partial charge in [-0.15, -0.1) is 0 Å². The number of rotatable bonds is 7. The number of nitrogens with zero attached hydrogens (tertiary/aromatic N) is 3. The van der Waals surface area contributed by atoms with E-state index in [1.165, 1.54) is 0 Å². The lowest BCUT2D eigenvalue weighted by Crippen LogP contribution is -2.52. The van der Waals surface area contributed by atoms with Gasteiger partial charge in [-0.2, -0.15) is 5.10 Å². The molecular formula is C26H35ClN4O3. The summed E-state index contributed by atoms with van der Waals surface area (Å²) in [7, 11) is 0. The molecular weight excluding hydrogens is 452 g/mol. The number of aryl methyl sites for hydroxylation is 2. The molecule has 2 heterocycles. The van der Waals surface area contributed by atoms with E-state index in [9.17, 15) is 4.79 Å². The van der Waals surface area contributed by atoms with Crippen molar-refractivity contribution >= 4 is 23.3 Å². The highest BCUT2D eigenvalue weighted by atomic mass is 35.5. The Kier molecular flexibility index (Phi) is 7.46. The molecule has 7 nitrogen and oxygen atoms in total. The van der Waals surface area contributed by atoms with Crippen LogP contribution in [0.2, 0.25) is 5.02 Å². The number of hydrogen-bond donors (Lipinski definition) is 1. The lowest BCUT2D eigenvalue weighted by Gasteiger charge is -2.33. The van der Waals surface area contributed by atoms with Gasteiger partial charge in [0.1, 0.15) is 18.0 Å². The van der Waals surface area contributed by atoms with Crippen molar-refractivity contribution in [3.05, 3.63) is 46.7 Å². The van der Waals surface area contributed by atoms with Crippen LogP contribution in [0.25, 0.3) is 16.9 Å². The highest BCUT2D eigenvalue weighted by Crippen LogP contribution is 2.32. The smallest absolute Gasteiger partial charge is 0.408 e. The first-order chi connectivity index (χ1) is 15.7. The van der Waals surface area contributed by atoms with Gasteiger partial charge in [0.25, 0.3) is 0 Å². The van der Waals surface area contributed by atoms with Crippen LogP contribution in [0.5, 0.6) is 5.75 Å². The second-order valence-corrected chi connectivity index (χ2v) is 11.0. The van der Waals surface area contributed by atoms with Crippen molar-refractivity contribution in [1.82, 2.24) is 19.9 Å². The molecule has 184 valence electrons. The molecule has 0 unspecified atom stereocenters. The van der Waals surface area contributed by atoms with Gasteiger partial charge in [0, 0.05) is 17.3 Å². The minimum atomic E-state index is -0.626. The Hall–Kier alpha value is -2.80. The summed E-state index contributed by atoms with van der Waals surface area (Å²) in [4.78, 5) is 17.0. The fraction of sp³-hybridized carbons (Fsp3) is 0.500. The molecule has 0 radical (unpaired) electrons. The predicted molar refractivity (Wildman–Crippen MR) is 136 cm³/mol. The molecule has 0 aliphatic heterocycles. The van der Waals surface area contributed by atoms with E-state index < -0.39 is 17.2 Å². The minimum absolute atomic E-state index is 0.250. The summed E-state index contributed by atoms with van der Waals surface area (Å²) in [6.07, 6.45) is 0.252. The number of aromatic nitrogens is 3. The van der Waals surface area contributed by atoms with Gasteiger partial charge >= 0.3 is 6.09 Å². The molecule has 0 saturated heterocycles. The Bertz CT molecular complexity index is 1180. The zero-order valence-electron chi connectivity index (χ0n) is 21.3. The largest absolute Gasteiger partial charge is 0.490 e. The molecule has 0 fully saturated rings. The van der Waals surface area contributed by atoms with Gasteiger partial charge in [-0.05, 0) is 78.1 Å². The number of benzene rings is 1. The summed E-state index contributed by atoms with van der Waals surface area (Å²) >= 11 is 6.62. The van der Waals surface area contributed by atoms with Crippen molar-refractivity contribution in [2.24, 2.45) is 5.92 Å². The number of alkyl carbamates (subject to hydrolysis) is 1. The molecule has 1 N–H and O–H groups in total. The average Bonchev–Trinajstić information content (AvgIpc) is 3.03. The quantitative estimate of drug-likeness (QED) is 0.419. The van der Waals surface area contributed by atoms with Crippen LogP contribution >= 0.6 is 11.6 Å². The molecule has 1 atom stereocenters. The van der Waals surface area contributed by atoms with Gasteiger partial charge in [0.15, 0.2) is 5.65 Å². The second kappa shape index (κ2) is 9.82. The number of ether oxygens (including phenoxy) is 2. The van der Waals surface area contributed by atoms with E-state index in [4.69, 9.17) is 21.1 Å². The lowest BCUT2D eigenvalue weighted by atomic mass is 9.91. The fourth-order valence-corrected chi connectivity index (χ4v) is 4.27. The summed E-state index contributed by atoms with van der Waals surface area (Å²) in [5.74, 6) is 0.890. The number of fused-ring (bicyclic) bond motifs is 1. The molecule has 34 heavy (non-hydrogen) atoms. The monoisotopic (exact) mass is 486 g/mol. The van der Waals surface area contributed by atoms with Crippen molar-refractivity contribution in [1.29, 1.82) is 0 Å². The molecule has 3 rings (SSSR count). The molecule has 0 saturated carbocycles. The zero-order chi connectivity index (χ0) is 25.3. The molecule has 1 amide bonds. The Balaban J connectivity index is 1.81. The lowest BCUT2D eigenvalue weighted by molar-refractivity contribution is 0.0408. The van der Waals surface area contributed by atoms with E-state index in [1.54, 1.807) is 0 Å². The van der Waals surface area contributed by atoms with Crippen LogP contribution in [0.4, 0.5) is 4.79 Å². The third-order valence-electron chi connectivity index (χ3n) is 5.11. The molecule has 3 aromatic rings. The first kappa shape index (κ1) is 25.8. The van der Waals surface area contributed by atoms with Crippen molar-refractivity contribution in [2.45, 2.75) is 73.0 Å². The summed E-state index contributed by atoms with van der Waals surface area (Å²) < 4.78 is 13.4. The Morgan fingerprint density at radius 2 is 1.82 bits per heavy atom. The number of halogens is 1. The highest BCUT2D eigenvalue weighted by Gasteiger charge is 2.31. The molecule has 0 aliphatic carbocycles. The van der Waals surface area contributed by atoms with Gasteiger partial charge in [-0.25, -0.2) is 14.3 Å². The summed E-state index contributed by atoms with van der Waals surface area (Å²) in [6, 6.07) is 9.59. The second-order valence-electron chi connectivity index (χ2n) is 10.6. The van der Waals surface area contributed by atoms with Crippen LogP contribution in [-0.2, 0) is 4.74 Å². The average molecular weight is 487 g/mol. The summed E-state index contributed by atoms with van der Waals surface area (Å²) in [5, 5.41) is 8.03. The number of nitrogens with one attached hydrogen (secondary N) is 1. The van der Waals surface area contributed by atoms with Crippen LogP contribution < -0.4 is 10.1 Å². The molecule has 0 bridgehead atoms. The molecule has 8 heteroatoms. The van der Waals surface area contributed by atoms with Gasteiger partial charge in [-0.3, -0.25) is 0 Å². The van der Waals surface area contributed by atoms with Crippen LogP contribution in [0.1, 0.15) is 59.4 Å². The third-order valence-corrected chi connectivity index (χ3v) is 5.41. The summed E-state index contributed by atoms with van der Waals surface area (Å²) in [5.41, 5.74) is 3.20. The van der Waals surface area contributed by atoms with Gasteiger partial charge in [0.2, 0.25) is 0 Å². The molecule has 1 aromatic carbocycles. The summed E-state index contributed by atoms with van der Waals surface area (Å²) in [6.45, 7) is 15.8. The van der Waals surface area contributed by atoms with Crippen LogP contribution in [0.3, 0.4) is 0 Å². The normalized spacial score (nSPS) is 13.7. The Morgan fingerprint density at radius 3 is 2.44 bits per heavy atom. The number of carbonyl (C=O) groups excluding carboxylic acids is 1.